The Bertz CT molecular complexity index is 1880. The largest absolute Gasteiger partial charge is 0.465 e. The van der Waals surface area contributed by atoms with Gasteiger partial charge in [0.2, 0.25) is 21.8 Å². The van der Waals surface area contributed by atoms with E-state index in [1.54, 1.807) is 20.8 Å². The molecule has 3 amide bonds. The molecule has 1 saturated heterocycles. The van der Waals surface area contributed by atoms with Crippen molar-refractivity contribution in [3.63, 3.8) is 0 Å². The highest BCUT2D eigenvalue weighted by Gasteiger charge is 2.62. The summed E-state index contributed by atoms with van der Waals surface area (Å²) in [5, 5.41) is 5.41. The van der Waals surface area contributed by atoms with Gasteiger partial charge >= 0.3 is 6.18 Å². The van der Waals surface area contributed by atoms with Gasteiger partial charge in [0.1, 0.15) is 23.7 Å². The molecule has 2 aliphatic carbocycles. The van der Waals surface area contributed by atoms with Crippen LogP contribution in [0, 0.1) is 11.3 Å². The zero-order valence-corrected chi connectivity index (χ0v) is 29.5. The van der Waals surface area contributed by atoms with Crippen molar-refractivity contribution >= 4 is 55.0 Å². The van der Waals surface area contributed by atoms with Crippen LogP contribution in [-0.2, 0) is 30.6 Å². The third kappa shape index (κ3) is 7.38. The van der Waals surface area contributed by atoms with Crippen LogP contribution in [0.15, 0.2) is 42.7 Å². The third-order valence-electron chi connectivity index (χ3n) is 9.43. The molecule has 3 heterocycles. The molecule has 1 unspecified atom stereocenters. The average molecular weight is 737 g/mol. The number of ether oxygens (including phenoxy) is 1. The fourth-order valence-corrected chi connectivity index (χ4v) is 8.61. The molecule has 3 N–H and O–H groups in total. The first-order chi connectivity index (χ1) is 23.4. The first-order valence-electron chi connectivity index (χ1n) is 16.4. The SMILES string of the molecule is CC[C@@H]1C[C@]1(NC(=O)[C@@H]1CC(Oc2nc3ccccc3s2)CN1C(=O)[C@@H](Nc1cncc(C(F)(F)F)c1)C(C)(C)C)C(=O)NS(=O)(=O)C1CC1. The number of benzene rings is 1. The maximum Gasteiger partial charge on any atom is 0.417 e. The van der Waals surface area contributed by atoms with Crippen LogP contribution >= 0.6 is 11.3 Å². The number of hydrogen-bond acceptors (Lipinski definition) is 10. The number of hydrogen-bond donors (Lipinski definition) is 3. The zero-order valence-electron chi connectivity index (χ0n) is 27.9. The van der Waals surface area contributed by atoms with Crippen LogP contribution < -0.4 is 20.1 Å². The second kappa shape index (κ2) is 13.0. The van der Waals surface area contributed by atoms with E-state index in [1.165, 1.54) is 22.4 Å². The van der Waals surface area contributed by atoms with Gasteiger partial charge in [-0.15, -0.1) is 0 Å². The van der Waals surface area contributed by atoms with E-state index in [2.05, 4.69) is 25.3 Å². The van der Waals surface area contributed by atoms with Gasteiger partial charge in [0, 0.05) is 18.8 Å². The van der Waals surface area contributed by atoms with Crippen molar-refractivity contribution in [3.8, 4) is 5.19 Å². The molecule has 50 heavy (non-hydrogen) atoms. The number of nitrogens with zero attached hydrogens (tertiary/aromatic N) is 3. The fraction of sp³-hybridized carbons (Fsp3) is 0.545. The summed E-state index contributed by atoms with van der Waals surface area (Å²) in [5.41, 5.74) is -2.65. The molecule has 270 valence electrons. The number of nitrogens with one attached hydrogen (secondary N) is 3. The molecule has 2 saturated carbocycles. The van der Waals surface area contributed by atoms with Gasteiger partial charge in [0.25, 0.3) is 11.1 Å². The highest BCUT2D eigenvalue weighted by molar-refractivity contribution is 7.91. The molecule has 1 aliphatic heterocycles. The predicted octanol–water partition coefficient (Wildman–Crippen LogP) is 4.48. The van der Waals surface area contributed by atoms with Crippen LogP contribution in [0.1, 0.15) is 65.4 Å². The maximum absolute atomic E-state index is 14.5. The summed E-state index contributed by atoms with van der Waals surface area (Å²) >= 11 is 1.30. The zero-order chi connectivity index (χ0) is 36.2. The van der Waals surface area contributed by atoms with Crippen LogP contribution in [0.3, 0.4) is 0 Å². The van der Waals surface area contributed by atoms with Crippen molar-refractivity contribution in [2.75, 3.05) is 11.9 Å². The molecule has 5 atom stereocenters. The minimum atomic E-state index is -4.66. The van der Waals surface area contributed by atoms with Gasteiger partial charge in [-0.05, 0) is 48.8 Å². The van der Waals surface area contributed by atoms with E-state index in [0.29, 0.717) is 36.2 Å². The lowest BCUT2D eigenvalue weighted by Crippen LogP contribution is -2.58. The molecular weight excluding hydrogens is 698 g/mol. The van der Waals surface area contributed by atoms with E-state index in [9.17, 15) is 36.0 Å². The van der Waals surface area contributed by atoms with Crippen molar-refractivity contribution in [1.82, 2.24) is 24.9 Å². The first kappa shape index (κ1) is 35.8. The van der Waals surface area contributed by atoms with Gasteiger partial charge in [-0.25, -0.2) is 13.4 Å². The fourth-order valence-electron chi connectivity index (χ4n) is 6.37. The normalized spacial score (nSPS) is 24.5. The van der Waals surface area contributed by atoms with Crippen LogP contribution in [0.25, 0.3) is 10.2 Å². The maximum atomic E-state index is 14.5. The number of carbonyl (C=O) groups excluding carboxylic acids is 3. The van der Waals surface area contributed by atoms with Gasteiger partial charge in [-0.1, -0.05) is 57.6 Å². The molecule has 0 radical (unpaired) electrons. The molecule has 0 bridgehead atoms. The van der Waals surface area contributed by atoms with Crippen LogP contribution in [0.2, 0.25) is 0 Å². The quantitative estimate of drug-likeness (QED) is 0.258. The Labute approximate surface area is 291 Å². The number of para-hydroxylation sites is 1. The number of pyridine rings is 1. The van der Waals surface area contributed by atoms with Crippen molar-refractivity contribution in [3.05, 3.63) is 48.3 Å². The Morgan fingerprint density at radius 1 is 1.14 bits per heavy atom. The summed E-state index contributed by atoms with van der Waals surface area (Å²) in [6, 6.07) is 6.01. The average Bonchev–Trinajstić information content (AvgIpc) is 3.94. The van der Waals surface area contributed by atoms with E-state index in [4.69, 9.17) is 4.74 Å². The van der Waals surface area contributed by atoms with Gasteiger partial charge in [-0.3, -0.25) is 24.1 Å². The summed E-state index contributed by atoms with van der Waals surface area (Å²) in [6.07, 6.45) is -1.84. The molecule has 17 heteroatoms. The number of fused-ring (bicyclic) bond motifs is 1. The van der Waals surface area contributed by atoms with Crippen molar-refractivity contribution in [2.24, 2.45) is 11.3 Å². The summed E-state index contributed by atoms with van der Waals surface area (Å²) < 4.78 is 75.0. The lowest BCUT2D eigenvalue weighted by atomic mass is 9.85. The Morgan fingerprint density at radius 3 is 2.48 bits per heavy atom. The standard InChI is InChI=1S/C33H39F3N6O6S2/c1-5-18-14-32(18,29(45)41-50(46,47)22-10-11-22)40-27(43)24-13-21(48-30-39-23-8-6-7-9-25(23)49-30)17-42(24)28(44)26(31(2,3)4)38-20-12-19(15-37-16-20)33(34,35)36/h6-9,12,15-16,18,21-22,24,26,38H,5,10-11,13-14,17H2,1-4H3,(H,40,43)(H,41,45)/t18-,21?,24+,26-,32-/m1/s1. The monoisotopic (exact) mass is 736 g/mol. The number of amides is 3. The molecule has 3 aliphatic rings. The van der Waals surface area contributed by atoms with E-state index >= 15 is 0 Å². The number of anilines is 1. The van der Waals surface area contributed by atoms with Crippen molar-refractivity contribution in [2.45, 2.75) is 95.0 Å². The van der Waals surface area contributed by atoms with Crippen molar-refractivity contribution < 1.29 is 40.7 Å². The van der Waals surface area contributed by atoms with Gasteiger partial charge in [0.05, 0.1) is 33.3 Å². The molecule has 2 aromatic heterocycles. The van der Waals surface area contributed by atoms with Gasteiger partial charge in [0.15, 0.2) is 0 Å². The van der Waals surface area contributed by atoms with Crippen LogP contribution in [-0.4, -0.2) is 76.5 Å². The minimum Gasteiger partial charge on any atom is -0.465 e. The molecule has 0 spiro atoms. The second-order valence-corrected chi connectivity index (χ2v) is 17.2. The van der Waals surface area contributed by atoms with E-state index < -0.39 is 73.9 Å². The summed E-state index contributed by atoms with van der Waals surface area (Å²) in [5.74, 6) is -2.38. The lowest BCUT2D eigenvalue weighted by Gasteiger charge is -2.36. The smallest absolute Gasteiger partial charge is 0.417 e. The molecule has 3 fully saturated rings. The third-order valence-corrected chi connectivity index (χ3v) is 12.2. The number of thiazole rings is 1. The molecule has 12 nitrogen and oxygen atoms in total. The topological polar surface area (TPSA) is 160 Å². The number of likely N-dealkylation sites (tertiary alicyclic amines) is 1. The van der Waals surface area contributed by atoms with E-state index in [0.717, 1.165) is 10.8 Å². The number of rotatable bonds is 11. The van der Waals surface area contributed by atoms with Crippen molar-refractivity contribution in [1.29, 1.82) is 0 Å². The summed E-state index contributed by atoms with van der Waals surface area (Å²) in [6.45, 7) is 6.98. The number of aromatic nitrogens is 2. The molecular formula is C33H39F3N6O6S2. The predicted molar refractivity (Wildman–Crippen MR) is 180 cm³/mol. The highest BCUT2D eigenvalue weighted by Crippen LogP contribution is 2.47. The Kier molecular flexibility index (Phi) is 9.29. The molecule has 1 aromatic carbocycles. The summed E-state index contributed by atoms with van der Waals surface area (Å²) in [7, 11) is -3.89. The number of alkyl halides is 3. The lowest BCUT2D eigenvalue weighted by molar-refractivity contribution is -0.141. The second-order valence-electron chi connectivity index (χ2n) is 14.3. The van der Waals surface area contributed by atoms with Gasteiger partial charge in [-0.2, -0.15) is 13.2 Å². The van der Waals surface area contributed by atoms with Gasteiger partial charge < -0.3 is 20.3 Å². The van der Waals surface area contributed by atoms with Crippen LogP contribution in [0.5, 0.6) is 5.19 Å². The number of halogens is 3. The Balaban J connectivity index is 1.28. The Morgan fingerprint density at radius 2 is 1.86 bits per heavy atom. The Hall–Kier alpha value is -3.99. The van der Waals surface area contributed by atoms with E-state index in [1.807, 2.05) is 31.2 Å². The first-order valence-corrected chi connectivity index (χ1v) is 18.8. The minimum absolute atomic E-state index is 0.0182. The number of carbonyl (C=O) groups is 3. The number of sulfonamides is 1. The summed E-state index contributed by atoms with van der Waals surface area (Å²) in [4.78, 5) is 51.6. The van der Waals surface area contributed by atoms with E-state index in [-0.39, 0.29) is 31.0 Å². The highest BCUT2D eigenvalue weighted by atomic mass is 32.2. The molecule has 6 rings (SSSR count). The van der Waals surface area contributed by atoms with Crippen LogP contribution in [0.4, 0.5) is 18.9 Å². The molecule has 3 aromatic rings.